The highest BCUT2D eigenvalue weighted by atomic mass is 16.5. The number of hydrogen-bond donors (Lipinski definition) is 1. The number of rotatable bonds is 5. The summed E-state index contributed by atoms with van der Waals surface area (Å²) in [5, 5.41) is 0. The van der Waals surface area contributed by atoms with Gasteiger partial charge in [0, 0.05) is 18.5 Å². The summed E-state index contributed by atoms with van der Waals surface area (Å²) >= 11 is 0. The molecule has 1 aliphatic rings. The Kier molecular flexibility index (Phi) is 4.88. The predicted octanol–water partition coefficient (Wildman–Crippen LogP) is 2.88. The first kappa shape index (κ1) is 15.8. The van der Waals surface area contributed by atoms with Crippen LogP contribution >= 0.6 is 0 Å². The molecule has 116 valence electrons. The number of nitrogens with two attached hydrogens (primary N) is 1. The van der Waals surface area contributed by atoms with Gasteiger partial charge >= 0.3 is 0 Å². The highest BCUT2D eigenvalue weighted by molar-refractivity contribution is 5.77. The Hall–Kier alpha value is -1.55. The fraction of sp³-hybridized carbons (Fsp3) is 0.588. The van der Waals surface area contributed by atoms with Crippen LogP contribution in [0.2, 0.25) is 0 Å². The Bertz CT molecular complexity index is 494. The van der Waals surface area contributed by atoms with E-state index >= 15 is 0 Å². The smallest absolute Gasteiger partial charge is 0.223 e. The number of carbonyl (C=O) groups is 1. The molecule has 4 nitrogen and oxygen atoms in total. The van der Waals surface area contributed by atoms with Crippen molar-refractivity contribution in [2.45, 2.75) is 51.1 Å². The normalized spacial score (nSPS) is 18.9. The third kappa shape index (κ3) is 4.21. The molecular weight excluding hydrogens is 264 g/mol. The summed E-state index contributed by atoms with van der Waals surface area (Å²) in [6, 6.07) is 8.20. The van der Waals surface area contributed by atoms with Crippen LogP contribution < -0.4 is 10.5 Å². The van der Waals surface area contributed by atoms with Crippen molar-refractivity contribution >= 4 is 5.91 Å². The van der Waals surface area contributed by atoms with Gasteiger partial charge in [-0.3, -0.25) is 4.79 Å². The van der Waals surface area contributed by atoms with Crippen molar-refractivity contribution in [3.63, 3.8) is 0 Å². The van der Waals surface area contributed by atoms with E-state index in [-0.39, 0.29) is 17.5 Å². The molecule has 1 aliphatic heterocycles. The summed E-state index contributed by atoms with van der Waals surface area (Å²) in [4.78, 5) is 14.5. The average molecular weight is 290 g/mol. The van der Waals surface area contributed by atoms with Gasteiger partial charge in [-0.05, 0) is 50.8 Å². The molecule has 1 heterocycles. The molecule has 0 aliphatic carbocycles. The van der Waals surface area contributed by atoms with Crippen LogP contribution in [-0.2, 0) is 4.79 Å². The van der Waals surface area contributed by atoms with Crippen molar-refractivity contribution in [1.29, 1.82) is 0 Å². The van der Waals surface area contributed by atoms with Gasteiger partial charge in [-0.15, -0.1) is 0 Å². The van der Waals surface area contributed by atoms with Crippen molar-refractivity contribution in [3.8, 4) is 5.75 Å². The maximum atomic E-state index is 12.5. The van der Waals surface area contributed by atoms with Gasteiger partial charge in [0.15, 0.2) is 0 Å². The Morgan fingerprint density at radius 2 is 2.24 bits per heavy atom. The van der Waals surface area contributed by atoms with Crippen LogP contribution in [0.1, 0.15) is 51.1 Å². The number of amides is 1. The zero-order valence-corrected chi connectivity index (χ0v) is 13.3. The van der Waals surface area contributed by atoms with Crippen LogP contribution in [0.3, 0.4) is 0 Å². The number of carbonyl (C=O) groups excluding carboxylic acids is 1. The SMILES string of the molecule is COc1cccc(C2CCCN2C(=O)CCC(C)(C)N)c1. The summed E-state index contributed by atoms with van der Waals surface area (Å²) in [6.45, 7) is 4.76. The maximum Gasteiger partial charge on any atom is 0.223 e. The van der Waals surface area contributed by atoms with E-state index < -0.39 is 0 Å². The first-order valence-corrected chi connectivity index (χ1v) is 7.63. The molecule has 4 heteroatoms. The largest absolute Gasteiger partial charge is 0.497 e. The maximum absolute atomic E-state index is 12.5. The second-order valence-electron chi connectivity index (χ2n) is 6.51. The lowest BCUT2D eigenvalue weighted by atomic mass is 9.99. The third-order valence-electron chi connectivity index (χ3n) is 4.03. The van der Waals surface area contributed by atoms with Crippen molar-refractivity contribution in [2.75, 3.05) is 13.7 Å². The predicted molar refractivity (Wildman–Crippen MR) is 84.2 cm³/mol. The molecule has 1 saturated heterocycles. The van der Waals surface area contributed by atoms with Gasteiger partial charge in [0.25, 0.3) is 0 Å². The van der Waals surface area contributed by atoms with E-state index in [1.54, 1.807) is 7.11 Å². The molecule has 2 rings (SSSR count). The molecule has 0 radical (unpaired) electrons. The molecule has 1 aromatic rings. The van der Waals surface area contributed by atoms with Crippen LogP contribution in [0.15, 0.2) is 24.3 Å². The van der Waals surface area contributed by atoms with Crippen molar-refractivity contribution < 1.29 is 9.53 Å². The molecule has 1 atom stereocenters. The Morgan fingerprint density at radius 3 is 2.90 bits per heavy atom. The molecule has 21 heavy (non-hydrogen) atoms. The van der Waals surface area contributed by atoms with Crippen molar-refractivity contribution in [2.24, 2.45) is 5.73 Å². The standard InChI is InChI=1S/C17H26N2O2/c1-17(2,18)10-9-16(20)19-11-5-8-15(19)13-6-4-7-14(12-13)21-3/h4,6-7,12,15H,5,8-11,18H2,1-3H3. The molecule has 1 aromatic carbocycles. The van der Waals surface area contributed by atoms with Gasteiger partial charge < -0.3 is 15.4 Å². The van der Waals surface area contributed by atoms with Crippen LogP contribution in [0.4, 0.5) is 0 Å². The minimum Gasteiger partial charge on any atom is -0.497 e. The lowest BCUT2D eigenvalue weighted by Crippen LogP contribution is -2.36. The van der Waals surface area contributed by atoms with E-state index in [4.69, 9.17) is 10.5 Å². The van der Waals surface area contributed by atoms with Crippen LogP contribution in [-0.4, -0.2) is 30.0 Å². The van der Waals surface area contributed by atoms with Crippen LogP contribution in [0.25, 0.3) is 0 Å². The molecule has 0 spiro atoms. The lowest BCUT2D eigenvalue weighted by Gasteiger charge is -2.27. The summed E-state index contributed by atoms with van der Waals surface area (Å²) in [6.07, 6.45) is 3.31. The second-order valence-corrected chi connectivity index (χ2v) is 6.51. The zero-order valence-electron chi connectivity index (χ0n) is 13.3. The summed E-state index contributed by atoms with van der Waals surface area (Å²) in [7, 11) is 1.67. The topological polar surface area (TPSA) is 55.6 Å². The molecule has 0 aromatic heterocycles. The van der Waals surface area contributed by atoms with Crippen molar-refractivity contribution in [3.05, 3.63) is 29.8 Å². The number of benzene rings is 1. The number of ether oxygens (including phenoxy) is 1. The van der Waals surface area contributed by atoms with E-state index in [9.17, 15) is 4.79 Å². The van der Waals surface area contributed by atoms with E-state index in [1.807, 2.05) is 36.9 Å². The number of nitrogens with zero attached hydrogens (tertiary/aromatic N) is 1. The summed E-state index contributed by atoms with van der Waals surface area (Å²) in [5.41, 5.74) is 6.85. The minimum absolute atomic E-state index is 0.175. The number of hydrogen-bond acceptors (Lipinski definition) is 3. The Labute approximate surface area is 127 Å². The first-order chi connectivity index (χ1) is 9.90. The zero-order chi connectivity index (χ0) is 15.5. The Balaban J connectivity index is 2.07. The molecule has 0 bridgehead atoms. The summed E-state index contributed by atoms with van der Waals surface area (Å²) < 4.78 is 5.28. The van der Waals surface area contributed by atoms with E-state index in [0.29, 0.717) is 12.8 Å². The van der Waals surface area contributed by atoms with Crippen LogP contribution in [0, 0.1) is 0 Å². The average Bonchev–Trinajstić information content (AvgIpc) is 2.93. The highest BCUT2D eigenvalue weighted by Crippen LogP contribution is 2.34. The van der Waals surface area contributed by atoms with Gasteiger partial charge in [0.1, 0.15) is 5.75 Å². The summed E-state index contributed by atoms with van der Waals surface area (Å²) in [5.74, 6) is 1.05. The van der Waals surface area contributed by atoms with E-state index in [0.717, 1.165) is 30.7 Å². The van der Waals surface area contributed by atoms with E-state index in [2.05, 4.69) is 6.07 Å². The van der Waals surface area contributed by atoms with Crippen molar-refractivity contribution in [1.82, 2.24) is 4.90 Å². The fourth-order valence-corrected chi connectivity index (χ4v) is 2.83. The van der Waals surface area contributed by atoms with Gasteiger partial charge in [-0.1, -0.05) is 12.1 Å². The molecular formula is C17H26N2O2. The quantitative estimate of drug-likeness (QED) is 0.907. The van der Waals surface area contributed by atoms with Gasteiger partial charge in [-0.2, -0.15) is 0 Å². The highest BCUT2D eigenvalue weighted by Gasteiger charge is 2.30. The first-order valence-electron chi connectivity index (χ1n) is 7.63. The van der Waals surface area contributed by atoms with Gasteiger partial charge in [0.2, 0.25) is 5.91 Å². The number of methoxy groups -OCH3 is 1. The fourth-order valence-electron chi connectivity index (χ4n) is 2.83. The molecule has 1 unspecified atom stereocenters. The monoisotopic (exact) mass is 290 g/mol. The third-order valence-corrected chi connectivity index (χ3v) is 4.03. The minimum atomic E-state index is -0.291. The molecule has 1 fully saturated rings. The van der Waals surface area contributed by atoms with Gasteiger partial charge in [0.05, 0.1) is 13.2 Å². The van der Waals surface area contributed by atoms with E-state index in [1.165, 1.54) is 0 Å². The van der Waals surface area contributed by atoms with Gasteiger partial charge in [-0.25, -0.2) is 0 Å². The molecule has 0 saturated carbocycles. The second kappa shape index (κ2) is 6.48. The Morgan fingerprint density at radius 1 is 1.48 bits per heavy atom. The lowest BCUT2D eigenvalue weighted by molar-refractivity contribution is -0.132. The molecule has 2 N–H and O–H groups in total. The molecule has 1 amide bonds. The van der Waals surface area contributed by atoms with Crippen LogP contribution in [0.5, 0.6) is 5.75 Å². The number of likely N-dealkylation sites (tertiary alicyclic amines) is 1.